The van der Waals surface area contributed by atoms with Crippen LogP contribution in [0.1, 0.15) is 19.4 Å². The van der Waals surface area contributed by atoms with E-state index in [0.29, 0.717) is 20.2 Å². The number of rotatable bonds is 4. The van der Waals surface area contributed by atoms with Crippen LogP contribution in [0.15, 0.2) is 12.3 Å². The molecule has 0 radical (unpaired) electrons. The van der Waals surface area contributed by atoms with E-state index in [9.17, 15) is 4.79 Å². The molecule has 1 unspecified atom stereocenters. The normalized spacial score (nSPS) is 12.0. The number of nitrogens with zero attached hydrogens (tertiary/aromatic N) is 2. The zero-order valence-electron chi connectivity index (χ0n) is 9.60. The first kappa shape index (κ1) is 12.7. The van der Waals surface area contributed by atoms with Crippen molar-refractivity contribution in [3.05, 3.63) is 17.8 Å². The van der Waals surface area contributed by atoms with Gasteiger partial charge in [-0.25, -0.2) is 4.79 Å². The van der Waals surface area contributed by atoms with Crippen LogP contribution in [-0.4, -0.2) is 28.3 Å². The molecule has 2 N–H and O–H groups in total. The van der Waals surface area contributed by atoms with E-state index in [0.717, 1.165) is 5.56 Å². The number of ether oxygens (including phenoxy) is 1. The predicted octanol–water partition coefficient (Wildman–Crippen LogP) is 1.50. The maximum atomic E-state index is 10.9. The van der Waals surface area contributed by atoms with Gasteiger partial charge in [0.05, 0.1) is 7.11 Å². The molecular weight excluding hydrogens is 225 g/mol. The van der Waals surface area contributed by atoms with Crippen molar-refractivity contribution in [3.8, 4) is 0 Å². The van der Waals surface area contributed by atoms with Gasteiger partial charge in [0.1, 0.15) is 0 Å². The van der Waals surface area contributed by atoms with Crippen molar-refractivity contribution < 1.29 is 9.53 Å². The fourth-order valence-electron chi connectivity index (χ4n) is 1.09. The molecule has 0 aliphatic carbocycles. The molecule has 88 valence electrons. The number of esters is 1. The quantitative estimate of drug-likeness (QED) is 0.492. The highest BCUT2D eigenvalue weighted by atomic mass is 31.1. The minimum absolute atomic E-state index is 0.404. The van der Waals surface area contributed by atoms with Crippen molar-refractivity contribution in [2.45, 2.75) is 19.5 Å². The third-order valence-electron chi connectivity index (χ3n) is 1.76. The molecule has 1 rings (SSSR count). The van der Waals surface area contributed by atoms with Crippen molar-refractivity contribution in [2.75, 3.05) is 12.8 Å². The highest BCUT2D eigenvalue weighted by Gasteiger charge is 2.04. The minimum Gasteiger partial charge on any atom is -0.466 e. The first-order valence-corrected chi connectivity index (χ1v) is 5.93. The highest BCUT2D eigenvalue weighted by molar-refractivity contribution is 7.36. The van der Waals surface area contributed by atoms with Gasteiger partial charge < -0.3 is 10.5 Å². The van der Waals surface area contributed by atoms with E-state index in [-0.39, 0.29) is 0 Å². The van der Waals surface area contributed by atoms with Crippen LogP contribution in [0.25, 0.3) is 6.08 Å². The molecule has 6 heteroatoms. The maximum absolute atomic E-state index is 10.9. The predicted molar refractivity (Wildman–Crippen MR) is 66.5 cm³/mol. The van der Waals surface area contributed by atoms with Crippen LogP contribution in [0.2, 0.25) is 0 Å². The molecule has 0 aromatic carbocycles. The van der Waals surface area contributed by atoms with Gasteiger partial charge in [-0.2, -0.15) is 5.10 Å². The smallest absolute Gasteiger partial charge is 0.330 e. The Morgan fingerprint density at radius 3 is 2.94 bits per heavy atom. The van der Waals surface area contributed by atoms with Crippen LogP contribution < -0.4 is 5.73 Å². The summed E-state index contributed by atoms with van der Waals surface area (Å²) in [6.07, 6.45) is 4.76. The molecular formula is C10H16N3O2P. The van der Waals surface area contributed by atoms with Gasteiger partial charge >= 0.3 is 5.97 Å². The van der Waals surface area contributed by atoms with Gasteiger partial charge in [-0.3, -0.25) is 4.45 Å². The molecule has 1 heterocycles. The van der Waals surface area contributed by atoms with Gasteiger partial charge in [0.25, 0.3) is 0 Å². The molecule has 0 fully saturated rings. The lowest BCUT2D eigenvalue weighted by Gasteiger charge is -2.02. The van der Waals surface area contributed by atoms with E-state index >= 15 is 0 Å². The Kier molecular flexibility index (Phi) is 4.50. The van der Waals surface area contributed by atoms with Gasteiger partial charge in [-0.05, 0) is 11.7 Å². The van der Waals surface area contributed by atoms with Crippen molar-refractivity contribution in [2.24, 2.45) is 0 Å². The maximum Gasteiger partial charge on any atom is 0.330 e. The molecule has 0 amide bonds. The van der Waals surface area contributed by atoms with Crippen molar-refractivity contribution in [3.63, 3.8) is 0 Å². The van der Waals surface area contributed by atoms with Crippen LogP contribution >= 0.6 is 8.73 Å². The molecule has 5 nitrogen and oxygen atoms in total. The Hall–Kier alpha value is -1.35. The number of carbonyl (C=O) groups is 1. The Bertz CT molecular complexity index is 399. The van der Waals surface area contributed by atoms with E-state index in [1.54, 1.807) is 10.5 Å². The minimum atomic E-state index is -0.404. The van der Waals surface area contributed by atoms with Crippen LogP contribution in [0.4, 0.5) is 5.82 Å². The molecule has 0 bridgehead atoms. The van der Waals surface area contributed by atoms with Crippen LogP contribution in [0.5, 0.6) is 0 Å². The highest BCUT2D eigenvalue weighted by Crippen LogP contribution is 2.23. The van der Waals surface area contributed by atoms with Crippen molar-refractivity contribution in [1.82, 2.24) is 9.55 Å². The Labute approximate surface area is 96.5 Å². The average Bonchev–Trinajstić information content (AvgIpc) is 2.54. The SMILES string of the molecule is COC(=O)/C=C/c1cn(PC(C)C)nc1N. The summed E-state index contributed by atoms with van der Waals surface area (Å²) in [5, 5.41) is 4.16. The van der Waals surface area contributed by atoms with Crippen LogP contribution in [0.3, 0.4) is 0 Å². The molecule has 16 heavy (non-hydrogen) atoms. The Morgan fingerprint density at radius 1 is 1.69 bits per heavy atom. The lowest BCUT2D eigenvalue weighted by Crippen LogP contribution is -1.94. The molecule has 0 saturated carbocycles. The fourth-order valence-corrected chi connectivity index (χ4v) is 1.99. The molecule has 1 atom stereocenters. The van der Waals surface area contributed by atoms with Gasteiger partial charge in [-0.15, -0.1) is 0 Å². The lowest BCUT2D eigenvalue weighted by atomic mass is 10.3. The second-order valence-corrected chi connectivity index (χ2v) is 5.43. The first-order chi connectivity index (χ1) is 7.52. The molecule has 0 aliphatic heterocycles. The number of aromatic nitrogens is 2. The largest absolute Gasteiger partial charge is 0.466 e. The van der Waals surface area contributed by atoms with Gasteiger partial charge in [-0.1, -0.05) is 13.8 Å². The summed E-state index contributed by atoms with van der Waals surface area (Å²) in [7, 11) is 1.89. The van der Waals surface area contributed by atoms with E-state index in [4.69, 9.17) is 5.73 Å². The summed E-state index contributed by atoms with van der Waals surface area (Å²) in [6.45, 7) is 4.22. The third kappa shape index (κ3) is 3.66. The molecule has 0 spiro atoms. The van der Waals surface area contributed by atoms with E-state index in [2.05, 4.69) is 23.7 Å². The number of anilines is 1. The summed E-state index contributed by atoms with van der Waals surface area (Å²) >= 11 is 0. The number of carbonyl (C=O) groups excluding carboxylic acids is 1. The summed E-state index contributed by atoms with van der Waals surface area (Å²) in [5.41, 5.74) is 6.97. The number of hydrogen-bond donors (Lipinski definition) is 1. The topological polar surface area (TPSA) is 70.1 Å². The van der Waals surface area contributed by atoms with Crippen molar-refractivity contribution >= 4 is 26.6 Å². The zero-order chi connectivity index (χ0) is 12.1. The Morgan fingerprint density at radius 2 is 2.38 bits per heavy atom. The molecule has 0 saturated heterocycles. The number of hydrogen-bond acceptors (Lipinski definition) is 4. The second-order valence-electron chi connectivity index (χ2n) is 3.55. The third-order valence-corrected chi connectivity index (χ3v) is 2.77. The Balaban J connectivity index is 2.77. The van der Waals surface area contributed by atoms with Gasteiger partial charge in [0.2, 0.25) is 0 Å². The molecule has 1 aromatic heterocycles. The summed E-state index contributed by atoms with van der Waals surface area (Å²) in [4.78, 5) is 10.9. The van der Waals surface area contributed by atoms with Gasteiger partial charge in [0, 0.05) is 26.6 Å². The van der Waals surface area contributed by atoms with Crippen molar-refractivity contribution in [1.29, 1.82) is 0 Å². The summed E-state index contributed by atoms with van der Waals surface area (Å²) in [6, 6.07) is 0. The van der Waals surface area contributed by atoms with Gasteiger partial charge in [0.15, 0.2) is 5.82 Å². The summed E-state index contributed by atoms with van der Waals surface area (Å²) in [5.74, 6) is 0.0201. The fraction of sp³-hybridized carbons (Fsp3) is 0.400. The number of nitrogen functional groups attached to an aromatic ring is 1. The number of methoxy groups -OCH3 is 1. The van der Waals surface area contributed by atoms with Crippen LogP contribution in [0, 0.1) is 0 Å². The second kappa shape index (κ2) is 5.66. The first-order valence-electron chi connectivity index (χ1n) is 4.90. The lowest BCUT2D eigenvalue weighted by molar-refractivity contribution is -0.134. The molecule has 1 aromatic rings. The average molecular weight is 241 g/mol. The standard InChI is InChI=1S/C10H16N3O2P/c1-7(2)16-13-6-8(10(11)12-13)4-5-9(14)15-3/h4-7,16H,1-3H3,(H2,11,12)/b5-4+. The number of nitrogens with two attached hydrogens (primary N) is 1. The van der Waals surface area contributed by atoms with E-state index in [1.165, 1.54) is 13.2 Å². The van der Waals surface area contributed by atoms with E-state index in [1.807, 2.05) is 6.20 Å². The summed E-state index contributed by atoms with van der Waals surface area (Å²) < 4.78 is 6.29. The van der Waals surface area contributed by atoms with E-state index < -0.39 is 5.97 Å². The molecule has 0 aliphatic rings. The monoisotopic (exact) mass is 241 g/mol. The van der Waals surface area contributed by atoms with Crippen LogP contribution in [-0.2, 0) is 9.53 Å². The zero-order valence-corrected chi connectivity index (χ0v) is 10.6.